The van der Waals surface area contributed by atoms with Crippen LogP contribution in [0.5, 0.6) is 0 Å². The van der Waals surface area contributed by atoms with Gasteiger partial charge in [0, 0.05) is 32.7 Å². The molecule has 0 bridgehead atoms. The van der Waals surface area contributed by atoms with Crippen LogP contribution in [0.25, 0.3) is 0 Å². The maximum absolute atomic E-state index is 12.2. The van der Waals surface area contributed by atoms with Gasteiger partial charge in [-0.15, -0.1) is 24.0 Å². The highest BCUT2D eigenvalue weighted by Gasteiger charge is 2.24. The first-order valence-corrected chi connectivity index (χ1v) is 9.30. The molecule has 1 saturated heterocycles. The number of nitrogens with one attached hydrogen (secondary N) is 2. The molecule has 0 spiro atoms. The number of aliphatic imine (C=N–C) groups is 1. The van der Waals surface area contributed by atoms with Crippen molar-refractivity contribution in [2.24, 2.45) is 10.9 Å². The Morgan fingerprint density at radius 3 is 2.55 bits per heavy atom. The van der Waals surface area contributed by atoms with E-state index in [4.69, 9.17) is 4.74 Å². The molecule has 7 nitrogen and oxygen atoms in total. The number of hydrogen-bond acceptors (Lipinski definition) is 4. The van der Waals surface area contributed by atoms with Crippen molar-refractivity contribution >= 4 is 40.0 Å². The van der Waals surface area contributed by atoms with Crippen molar-refractivity contribution in [1.29, 1.82) is 0 Å². The van der Waals surface area contributed by atoms with Gasteiger partial charge in [-0.3, -0.25) is 4.99 Å². The standard InChI is InChI=1S/C13H26N4O3S.HI/c1-2-14-13(16-11-12-3-4-12)15-5-10-21(18,19)17-6-8-20-9-7-17;/h12H,2-11H2,1H3,(H2,14,15,16);1H. The summed E-state index contributed by atoms with van der Waals surface area (Å²) < 4.78 is 31.0. The maximum atomic E-state index is 12.2. The van der Waals surface area contributed by atoms with Gasteiger partial charge in [-0.1, -0.05) is 0 Å². The Labute approximate surface area is 150 Å². The van der Waals surface area contributed by atoms with Crippen LogP contribution in [-0.2, 0) is 14.8 Å². The van der Waals surface area contributed by atoms with Crippen LogP contribution in [-0.4, -0.2) is 70.4 Å². The molecule has 0 aromatic rings. The van der Waals surface area contributed by atoms with Crippen LogP contribution in [0.15, 0.2) is 4.99 Å². The predicted octanol–water partition coefficient (Wildman–Crippen LogP) is 0.232. The molecule has 0 amide bonds. The molecule has 0 radical (unpaired) electrons. The van der Waals surface area contributed by atoms with Crippen molar-refractivity contribution in [2.75, 3.05) is 51.7 Å². The van der Waals surface area contributed by atoms with Crippen LogP contribution in [0.2, 0.25) is 0 Å². The second-order valence-corrected chi connectivity index (χ2v) is 7.51. The monoisotopic (exact) mass is 446 g/mol. The Morgan fingerprint density at radius 2 is 1.95 bits per heavy atom. The fourth-order valence-corrected chi connectivity index (χ4v) is 3.44. The van der Waals surface area contributed by atoms with E-state index in [1.54, 1.807) is 0 Å². The number of ether oxygens (including phenoxy) is 1. The zero-order valence-corrected chi connectivity index (χ0v) is 16.2. The van der Waals surface area contributed by atoms with E-state index in [1.165, 1.54) is 17.1 Å². The molecule has 22 heavy (non-hydrogen) atoms. The van der Waals surface area contributed by atoms with E-state index in [0.717, 1.165) is 19.0 Å². The summed E-state index contributed by atoms with van der Waals surface area (Å²) in [7, 11) is -3.20. The number of morpholine rings is 1. The maximum Gasteiger partial charge on any atom is 0.215 e. The van der Waals surface area contributed by atoms with E-state index in [0.29, 0.717) is 38.8 Å². The third kappa shape index (κ3) is 6.97. The smallest absolute Gasteiger partial charge is 0.215 e. The zero-order valence-electron chi connectivity index (χ0n) is 13.1. The van der Waals surface area contributed by atoms with Gasteiger partial charge < -0.3 is 15.4 Å². The zero-order chi connectivity index (χ0) is 15.1. The summed E-state index contributed by atoms with van der Waals surface area (Å²) in [5.74, 6) is 1.51. The fourth-order valence-electron chi connectivity index (χ4n) is 2.11. The lowest BCUT2D eigenvalue weighted by molar-refractivity contribution is 0.0730. The van der Waals surface area contributed by atoms with Gasteiger partial charge in [0.2, 0.25) is 10.0 Å². The molecule has 1 aliphatic carbocycles. The van der Waals surface area contributed by atoms with Crippen molar-refractivity contribution in [3.8, 4) is 0 Å². The van der Waals surface area contributed by atoms with E-state index in [-0.39, 0.29) is 29.7 Å². The van der Waals surface area contributed by atoms with Crippen LogP contribution in [0.4, 0.5) is 0 Å². The third-order valence-corrected chi connectivity index (χ3v) is 5.44. The Morgan fingerprint density at radius 1 is 1.27 bits per heavy atom. The van der Waals surface area contributed by atoms with Gasteiger partial charge in [-0.2, -0.15) is 4.31 Å². The number of halogens is 1. The Kier molecular flexibility index (Phi) is 8.95. The molecule has 2 N–H and O–H groups in total. The molecule has 0 unspecified atom stereocenters. The quantitative estimate of drug-likeness (QED) is 0.333. The average molecular weight is 446 g/mol. The van der Waals surface area contributed by atoms with E-state index in [9.17, 15) is 8.42 Å². The second-order valence-electron chi connectivity index (χ2n) is 5.42. The summed E-state index contributed by atoms with van der Waals surface area (Å²) in [5, 5.41) is 6.24. The molecule has 1 aliphatic heterocycles. The SMILES string of the molecule is CCNC(=NCC1CC1)NCCS(=O)(=O)N1CCOCC1.I. The summed E-state index contributed by atoms with van der Waals surface area (Å²) in [6.07, 6.45) is 2.52. The minimum Gasteiger partial charge on any atom is -0.379 e. The number of nitrogens with zero attached hydrogens (tertiary/aromatic N) is 2. The van der Waals surface area contributed by atoms with Crippen molar-refractivity contribution in [1.82, 2.24) is 14.9 Å². The van der Waals surface area contributed by atoms with Crippen LogP contribution < -0.4 is 10.6 Å². The lowest BCUT2D eigenvalue weighted by Crippen LogP contribution is -2.45. The van der Waals surface area contributed by atoms with Gasteiger partial charge in [-0.25, -0.2) is 8.42 Å². The number of rotatable bonds is 7. The molecule has 9 heteroatoms. The lowest BCUT2D eigenvalue weighted by Gasteiger charge is -2.26. The summed E-state index contributed by atoms with van der Waals surface area (Å²) in [6.45, 7) is 5.85. The molecule has 2 rings (SSSR count). The first kappa shape index (κ1) is 19.9. The summed E-state index contributed by atoms with van der Waals surface area (Å²) in [6, 6.07) is 0. The number of guanidine groups is 1. The average Bonchev–Trinajstić information content (AvgIpc) is 3.30. The van der Waals surface area contributed by atoms with Gasteiger partial charge >= 0.3 is 0 Å². The molecule has 130 valence electrons. The topological polar surface area (TPSA) is 83.0 Å². The molecule has 1 heterocycles. The van der Waals surface area contributed by atoms with Crippen LogP contribution in [0.1, 0.15) is 19.8 Å². The molecule has 1 saturated carbocycles. The van der Waals surface area contributed by atoms with Crippen molar-refractivity contribution in [3.63, 3.8) is 0 Å². The Bertz CT molecular complexity index is 448. The molecule has 0 aromatic heterocycles. The Balaban J connectivity index is 0.00000242. The molecule has 2 fully saturated rings. The summed E-state index contributed by atoms with van der Waals surface area (Å²) in [5.41, 5.74) is 0. The third-order valence-electron chi connectivity index (χ3n) is 3.56. The fraction of sp³-hybridized carbons (Fsp3) is 0.923. The van der Waals surface area contributed by atoms with E-state index in [1.807, 2.05) is 6.92 Å². The van der Waals surface area contributed by atoms with Crippen molar-refractivity contribution in [3.05, 3.63) is 0 Å². The van der Waals surface area contributed by atoms with E-state index >= 15 is 0 Å². The molecule has 2 aliphatic rings. The van der Waals surface area contributed by atoms with Crippen LogP contribution >= 0.6 is 24.0 Å². The highest BCUT2D eigenvalue weighted by molar-refractivity contribution is 14.0. The number of sulfonamides is 1. The summed E-state index contributed by atoms with van der Waals surface area (Å²) in [4.78, 5) is 4.47. The predicted molar refractivity (Wildman–Crippen MR) is 98.3 cm³/mol. The highest BCUT2D eigenvalue weighted by atomic mass is 127. The summed E-state index contributed by atoms with van der Waals surface area (Å²) >= 11 is 0. The van der Waals surface area contributed by atoms with Gasteiger partial charge in [0.1, 0.15) is 0 Å². The largest absolute Gasteiger partial charge is 0.379 e. The van der Waals surface area contributed by atoms with Gasteiger partial charge in [0.15, 0.2) is 5.96 Å². The second kappa shape index (κ2) is 9.89. The molecule has 0 atom stereocenters. The minimum atomic E-state index is -3.20. The van der Waals surface area contributed by atoms with Crippen molar-refractivity contribution < 1.29 is 13.2 Å². The lowest BCUT2D eigenvalue weighted by atomic mass is 10.4. The normalized spacial score (nSPS) is 20.3. The highest BCUT2D eigenvalue weighted by Crippen LogP contribution is 2.28. The first-order chi connectivity index (χ1) is 10.1. The molecule has 0 aromatic carbocycles. The molecular formula is C13H27IN4O3S. The van der Waals surface area contributed by atoms with E-state index in [2.05, 4.69) is 15.6 Å². The van der Waals surface area contributed by atoms with Crippen LogP contribution in [0.3, 0.4) is 0 Å². The Hall–Kier alpha value is -0.130. The van der Waals surface area contributed by atoms with Gasteiger partial charge in [0.25, 0.3) is 0 Å². The first-order valence-electron chi connectivity index (χ1n) is 7.69. The van der Waals surface area contributed by atoms with Gasteiger partial charge in [0.05, 0.1) is 19.0 Å². The van der Waals surface area contributed by atoms with Gasteiger partial charge in [-0.05, 0) is 25.7 Å². The molecular weight excluding hydrogens is 419 g/mol. The van der Waals surface area contributed by atoms with E-state index < -0.39 is 10.0 Å². The minimum absolute atomic E-state index is 0. The van der Waals surface area contributed by atoms with Crippen LogP contribution in [0, 0.1) is 5.92 Å². The number of hydrogen-bond donors (Lipinski definition) is 2. The van der Waals surface area contributed by atoms with Crippen molar-refractivity contribution in [2.45, 2.75) is 19.8 Å².